The summed E-state index contributed by atoms with van der Waals surface area (Å²) in [6.07, 6.45) is 1.55. The number of hydrogen-bond acceptors (Lipinski definition) is 4. The van der Waals surface area contributed by atoms with Crippen LogP contribution in [-0.4, -0.2) is 46.0 Å². The van der Waals surface area contributed by atoms with Gasteiger partial charge in [0.1, 0.15) is 5.56 Å². The smallest absolute Gasteiger partial charge is 0.261 e. The van der Waals surface area contributed by atoms with Crippen LogP contribution in [0.5, 0.6) is 0 Å². The van der Waals surface area contributed by atoms with Crippen LogP contribution in [0, 0.1) is 25.7 Å². The molecule has 3 aromatic rings. The van der Waals surface area contributed by atoms with Crippen molar-refractivity contribution in [3.05, 3.63) is 59.0 Å². The van der Waals surface area contributed by atoms with Crippen molar-refractivity contribution in [1.82, 2.24) is 19.5 Å². The van der Waals surface area contributed by atoms with E-state index >= 15 is 0 Å². The van der Waals surface area contributed by atoms with Crippen LogP contribution < -0.4 is 5.32 Å². The van der Waals surface area contributed by atoms with Gasteiger partial charge in [-0.15, -0.1) is 0 Å². The Balaban J connectivity index is 1.77. The van der Waals surface area contributed by atoms with Gasteiger partial charge in [0.15, 0.2) is 5.65 Å². The first-order valence-electron chi connectivity index (χ1n) is 8.31. The highest BCUT2D eigenvalue weighted by molar-refractivity contribution is 6.08. The predicted molar refractivity (Wildman–Crippen MR) is 102 cm³/mol. The number of amides is 1. The van der Waals surface area contributed by atoms with E-state index in [1.807, 2.05) is 63.2 Å². The second-order valence-electron chi connectivity index (χ2n) is 6.40. The fourth-order valence-corrected chi connectivity index (χ4v) is 2.57. The van der Waals surface area contributed by atoms with Gasteiger partial charge >= 0.3 is 0 Å². The highest BCUT2D eigenvalue weighted by Crippen LogP contribution is 2.15. The Morgan fingerprint density at radius 2 is 1.96 bits per heavy atom. The average molecular weight is 347 g/mol. The Bertz CT molecular complexity index is 1010. The summed E-state index contributed by atoms with van der Waals surface area (Å²) in [6.45, 7) is 4.54. The molecule has 0 aliphatic heterocycles. The summed E-state index contributed by atoms with van der Waals surface area (Å²) in [6, 6.07) is 9.39. The molecule has 6 heteroatoms. The molecule has 1 aromatic carbocycles. The van der Waals surface area contributed by atoms with E-state index in [9.17, 15) is 4.79 Å². The molecule has 6 nitrogen and oxygen atoms in total. The predicted octanol–water partition coefficient (Wildman–Crippen LogP) is 2.51. The first-order valence-corrected chi connectivity index (χ1v) is 8.31. The number of nitrogens with one attached hydrogen (secondary N) is 1. The lowest BCUT2D eigenvalue weighted by Gasteiger charge is -2.05. The Hall–Kier alpha value is -3.17. The third-order valence-electron chi connectivity index (χ3n) is 3.79. The van der Waals surface area contributed by atoms with E-state index in [4.69, 9.17) is 0 Å². The lowest BCUT2D eigenvalue weighted by molar-refractivity contribution is 0.102. The molecule has 0 bridgehead atoms. The van der Waals surface area contributed by atoms with E-state index in [1.54, 1.807) is 10.7 Å². The maximum atomic E-state index is 12.6. The van der Waals surface area contributed by atoms with E-state index < -0.39 is 0 Å². The molecule has 0 saturated heterocycles. The van der Waals surface area contributed by atoms with Gasteiger partial charge in [-0.3, -0.25) is 9.69 Å². The summed E-state index contributed by atoms with van der Waals surface area (Å²) in [5.41, 5.74) is 4.42. The Kier molecular flexibility index (Phi) is 5.01. The first kappa shape index (κ1) is 17.6. The summed E-state index contributed by atoms with van der Waals surface area (Å²) < 4.78 is 1.67. The zero-order valence-corrected chi connectivity index (χ0v) is 15.4. The molecular weight excluding hydrogens is 326 g/mol. The molecule has 0 atom stereocenters. The average Bonchev–Trinajstić information content (AvgIpc) is 3.00. The zero-order chi connectivity index (χ0) is 18.7. The zero-order valence-electron chi connectivity index (χ0n) is 15.4. The van der Waals surface area contributed by atoms with Crippen molar-refractivity contribution >= 4 is 17.2 Å². The summed E-state index contributed by atoms with van der Waals surface area (Å²) in [5.74, 6) is 5.94. The van der Waals surface area contributed by atoms with Crippen molar-refractivity contribution in [2.24, 2.45) is 0 Å². The topological polar surface area (TPSA) is 62.5 Å². The van der Waals surface area contributed by atoms with E-state index in [0.717, 1.165) is 17.0 Å². The van der Waals surface area contributed by atoms with Crippen LogP contribution in [0.1, 0.15) is 27.3 Å². The van der Waals surface area contributed by atoms with E-state index in [1.165, 1.54) is 0 Å². The molecule has 0 aliphatic rings. The minimum absolute atomic E-state index is 0.232. The highest BCUT2D eigenvalue weighted by atomic mass is 16.1. The minimum Gasteiger partial charge on any atom is -0.322 e. The standard InChI is InChI=1S/C20H21N5O/c1-14-12-15(2)25-19(22-14)18(13-21-25)20(26)23-17-9-7-16(8-10-17)6-5-11-24(3)4/h7-10,12-13H,11H2,1-4H3,(H,23,26). The van der Waals surface area contributed by atoms with E-state index in [-0.39, 0.29) is 5.91 Å². The molecule has 26 heavy (non-hydrogen) atoms. The maximum Gasteiger partial charge on any atom is 0.261 e. The minimum atomic E-state index is -0.232. The molecule has 0 saturated carbocycles. The van der Waals surface area contributed by atoms with Crippen LogP contribution in [0.4, 0.5) is 5.69 Å². The van der Waals surface area contributed by atoms with Gasteiger partial charge in [0.2, 0.25) is 0 Å². The Morgan fingerprint density at radius 1 is 1.23 bits per heavy atom. The first-order chi connectivity index (χ1) is 12.4. The van der Waals surface area contributed by atoms with Crippen LogP contribution >= 0.6 is 0 Å². The van der Waals surface area contributed by atoms with Gasteiger partial charge < -0.3 is 5.32 Å². The van der Waals surface area contributed by atoms with Gasteiger partial charge in [-0.1, -0.05) is 11.8 Å². The number of hydrogen-bond donors (Lipinski definition) is 1. The molecule has 1 amide bonds. The van der Waals surface area contributed by atoms with Crippen molar-refractivity contribution < 1.29 is 4.79 Å². The second kappa shape index (κ2) is 7.38. The molecule has 2 heterocycles. The second-order valence-corrected chi connectivity index (χ2v) is 6.40. The van der Waals surface area contributed by atoms with Gasteiger partial charge in [0, 0.05) is 22.6 Å². The van der Waals surface area contributed by atoms with Crippen molar-refractivity contribution in [2.75, 3.05) is 26.0 Å². The third-order valence-corrected chi connectivity index (χ3v) is 3.79. The van der Waals surface area contributed by atoms with Crippen LogP contribution in [0.25, 0.3) is 5.65 Å². The number of carbonyl (C=O) groups excluding carboxylic acids is 1. The van der Waals surface area contributed by atoms with Gasteiger partial charge in [-0.2, -0.15) is 5.10 Å². The number of carbonyl (C=O) groups is 1. The normalized spacial score (nSPS) is 10.7. The quantitative estimate of drug-likeness (QED) is 0.740. The van der Waals surface area contributed by atoms with Gasteiger partial charge in [0.25, 0.3) is 5.91 Å². The van der Waals surface area contributed by atoms with E-state index in [2.05, 4.69) is 27.2 Å². The fraction of sp³-hybridized carbons (Fsp3) is 0.250. The van der Waals surface area contributed by atoms with Crippen LogP contribution in [0.2, 0.25) is 0 Å². The van der Waals surface area contributed by atoms with Gasteiger partial charge in [0.05, 0.1) is 12.7 Å². The lowest BCUT2D eigenvalue weighted by atomic mass is 10.2. The SMILES string of the molecule is Cc1cc(C)n2ncc(C(=O)Nc3ccc(C#CCN(C)C)cc3)c2n1. The van der Waals surface area contributed by atoms with Crippen molar-refractivity contribution in [3.63, 3.8) is 0 Å². The number of anilines is 1. The molecule has 0 aliphatic carbocycles. The van der Waals surface area contributed by atoms with Gasteiger partial charge in [-0.25, -0.2) is 9.50 Å². The van der Waals surface area contributed by atoms with Crippen LogP contribution in [0.15, 0.2) is 36.5 Å². The third kappa shape index (κ3) is 3.90. The van der Waals surface area contributed by atoms with Crippen LogP contribution in [-0.2, 0) is 0 Å². The number of aromatic nitrogens is 3. The summed E-state index contributed by atoms with van der Waals surface area (Å²) >= 11 is 0. The summed E-state index contributed by atoms with van der Waals surface area (Å²) in [7, 11) is 3.96. The number of nitrogens with zero attached hydrogens (tertiary/aromatic N) is 4. The number of rotatable bonds is 3. The number of benzene rings is 1. The van der Waals surface area contributed by atoms with Crippen molar-refractivity contribution in [1.29, 1.82) is 0 Å². The molecule has 1 N–H and O–H groups in total. The summed E-state index contributed by atoms with van der Waals surface area (Å²) in [5, 5.41) is 7.14. The number of aryl methyl sites for hydroxylation is 2. The van der Waals surface area contributed by atoms with E-state index in [0.29, 0.717) is 23.4 Å². The van der Waals surface area contributed by atoms with Crippen molar-refractivity contribution in [2.45, 2.75) is 13.8 Å². The summed E-state index contributed by atoms with van der Waals surface area (Å²) in [4.78, 5) is 19.1. The molecule has 0 radical (unpaired) electrons. The molecule has 2 aromatic heterocycles. The molecule has 3 rings (SSSR count). The molecule has 0 unspecified atom stereocenters. The maximum absolute atomic E-state index is 12.6. The number of fused-ring (bicyclic) bond motifs is 1. The monoisotopic (exact) mass is 347 g/mol. The molecule has 0 spiro atoms. The lowest BCUT2D eigenvalue weighted by Crippen LogP contribution is -2.12. The molecule has 0 fully saturated rings. The Labute approximate surface area is 152 Å². The largest absolute Gasteiger partial charge is 0.322 e. The highest BCUT2D eigenvalue weighted by Gasteiger charge is 2.15. The van der Waals surface area contributed by atoms with Crippen LogP contribution in [0.3, 0.4) is 0 Å². The van der Waals surface area contributed by atoms with Gasteiger partial charge in [-0.05, 0) is 58.3 Å². The van der Waals surface area contributed by atoms with Crippen molar-refractivity contribution in [3.8, 4) is 11.8 Å². The Morgan fingerprint density at radius 3 is 2.65 bits per heavy atom. The fourth-order valence-electron chi connectivity index (χ4n) is 2.57. The molecule has 132 valence electrons. The molecular formula is C20H21N5O.